The van der Waals surface area contributed by atoms with Gasteiger partial charge in [0.2, 0.25) is 0 Å². The smallest absolute Gasteiger partial charge is 0.449 e. The van der Waals surface area contributed by atoms with Crippen molar-refractivity contribution in [3.63, 3.8) is 0 Å². The molecule has 2 aliphatic rings. The normalized spacial score (nSPS) is 34.9. The molecule has 12 heteroatoms. The number of esters is 1. The number of alkyl halides is 8. The van der Waals surface area contributed by atoms with Crippen LogP contribution in [0.3, 0.4) is 0 Å². The van der Waals surface area contributed by atoms with Crippen LogP contribution in [-0.4, -0.2) is 46.3 Å². The molecule has 1 aliphatic heterocycles. The van der Waals surface area contributed by atoms with Crippen molar-refractivity contribution in [1.82, 2.24) is 0 Å². The molecule has 1 heterocycles. The van der Waals surface area contributed by atoms with Crippen LogP contribution in [0.2, 0.25) is 0 Å². The number of carbonyl (C=O) groups is 1. The molecule has 0 aromatic carbocycles. The lowest BCUT2D eigenvalue weighted by atomic mass is 9.66. The fraction of sp³-hybridized carbons (Fsp3) is 0.950. The lowest BCUT2D eigenvalue weighted by Gasteiger charge is -2.58. The highest BCUT2D eigenvalue weighted by molar-refractivity contribution is 5.76. The first-order chi connectivity index (χ1) is 14.2. The van der Waals surface area contributed by atoms with E-state index in [1.54, 1.807) is 0 Å². The van der Waals surface area contributed by atoms with Crippen LogP contribution < -0.4 is 0 Å². The Morgan fingerprint density at radius 3 is 1.94 bits per heavy atom. The van der Waals surface area contributed by atoms with Crippen molar-refractivity contribution in [2.75, 3.05) is 0 Å². The average molecular weight is 484 g/mol. The van der Waals surface area contributed by atoms with E-state index in [0.29, 0.717) is 13.3 Å². The van der Waals surface area contributed by atoms with Gasteiger partial charge in [0.1, 0.15) is 0 Å². The molecule has 2 fully saturated rings. The molecule has 1 aliphatic carbocycles. The Morgan fingerprint density at radius 2 is 1.53 bits per heavy atom. The first kappa shape index (κ1) is 27.1. The second-order valence-corrected chi connectivity index (χ2v) is 9.58. The summed E-state index contributed by atoms with van der Waals surface area (Å²) < 4.78 is 124. The number of ether oxygens (including phenoxy) is 2. The average Bonchev–Trinajstić information content (AvgIpc) is 2.64. The van der Waals surface area contributed by atoms with E-state index in [1.165, 1.54) is 20.8 Å². The van der Waals surface area contributed by atoms with Crippen molar-refractivity contribution in [2.24, 2.45) is 11.3 Å². The second kappa shape index (κ2) is 7.95. The van der Waals surface area contributed by atoms with Gasteiger partial charge in [-0.05, 0) is 46.0 Å². The number of hydrogen-bond acceptors (Lipinski definition) is 4. The molecular weight excluding hydrogens is 456 g/mol. The van der Waals surface area contributed by atoms with E-state index < -0.39 is 59.0 Å². The largest absolute Gasteiger partial charge is 0.452 e. The standard InChI is InChI=1S/C20H28F8O4/c1-5-14(2,3)13(29)31-15(4)11-16(19(23,24)25,12-9-7-6-8-10-12)32-18(30,17(15,21)22)20(26,27)28/h12,30H,5-11H2,1-4H3. The van der Waals surface area contributed by atoms with Gasteiger partial charge >= 0.3 is 30.0 Å². The fourth-order valence-electron chi connectivity index (χ4n) is 4.34. The third kappa shape index (κ3) is 3.99. The molecule has 0 amide bonds. The van der Waals surface area contributed by atoms with Gasteiger partial charge in [0, 0.05) is 6.42 Å². The number of carbonyl (C=O) groups excluding carboxylic acids is 1. The lowest BCUT2D eigenvalue weighted by molar-refractivity contribution is -0.523. The van der Waals surface area contributed by atoms with Gasteiger partial charge in [-0.25, -0.2) is 0 Å². The van der Waals surface area contributed by atoms with Crippen LogP contribution in [0.15, 0.2) is 0 Å². The third-order valence-corrected chi connectivity index (χ3v) is 6.90. The summed E-state index contributed by atoms with van der Waals surface area (Å²) in [4.78, 5) is 12.5. The van der Waals surface area contributed by atoms with Crippen LogP contribution in [0.1, 0.15) is 72.6 Å². The first-order valence-corrected chi connectivity index (χ1v) is 10.4. The van der Waals surface area contributed by atoms with Gasteiger partial charge in [-0.3, -0.25) is 4.79 Å². The zero-order chi connectivity index (χ0) is 25.0. The summed E-state index contributed by atoms with van der Waals surface area (Å²) in [6, 6.07) is 0. The van der Waals surface area contributed by atoms with Gasteiger partial charge in [0.15, 0.2) is 11.2 Å². The van der Waals surface area contributed by atoms with Crippen LogP contribution in [0.25, 0.3) is 0 Å². The van der Waals surface area contributed by atoms with E-state index >= 15 is 8.78 Å². The monoisotopic (exact) mass is 484 g/mol. The van der Waals surface area contributed by atoms with Crippen molar-refractivity contribution >= 4 is 5.97 Å². The van der Waals surface area contributed by atoms with Gasteiger partial charge in [-0.15, -0.1) is 0 Å². The Morgan fingerprint density at radius 1 is 1.03 bits per heavy atom. The molecule has 0 aromatic heterocycles. The van der Waals surface area contributed by atoms with E-state index in [-0.39, 0.29) is 32.1 Å². The van der Waals surface area contributed by atoms with Crippen LogP contribution in [0.4, 0.5) is 35.1 Å². The molecule has 188 valence electrons. The number of rotatable bonds is 4. The minimum absolute atomic E-state index is 0.0144. The minimum Gasteiger partial charge on any atom is -0.452 e. The predicted molar refractivity (Wildman–Crippen MR) is 95.6 cm³/mol. The fourth-order valence-corrected chi connectivity index (χ4v) is 4.34. The van der Waals surface area contributed by atoms with Gasteiger partial charge in [-0.2, -0.15) is 35.1 Å². The molecule has 3 atom stereocenters. The van der Waals surface area contributed by atoms with Crippen molar-refractivity contribution in [1.29, 1.82) is 0 Å². The van der Waals surface area contributed by atoms with Crippen molar-refractivity contribution in [3.8, 4) is 0 Å². The molecule has 4 nitrogen and oxygen atoms in total. The van der Waals surface area contributed by atoms with E-state index in [0.717, 1.165) is 0 Å². The summed E-state index contributed by atoms with van der Waals surface area (Å²) in [7, 11) is 0. The van der Waals surface area contributed by atoms with Crippen LogP contribution in [-0.2, 0) is 14.3 Å². The summed E-state index contributed by atoms with van der Waals surface area (Å²) in [5.74, 6) is -14.0. The molecule has 0 bridgehead atoms. The van der Waals surface area contributed by atoms with Gasteiger partial charge in [-0.1, -0.05) is 26.2 Å². The summed E-state index contributed by atoms with van der Waals surface area (Å²) in [6.07, 6.45) is -13.2. The Labute approximate surface area is 180 Å². The summed E-state index contributed by atoms with van der Waals surface area (Å²) in [5, 5.41) is 10.1. The highest BCUT2D eigenvalue weighted by Gasteiger charge is 2.86. The quantitative estimate of drug-likeness (QED) is 0.398. The molecule has 1 N–H and O–H groups in total. The molecule has 0 aromatic rings. The van der Waals surface area contributed by atoms with Crippen LogP contribution in [0.5, 0.6) is 0 Å². The predicted octanol–water partition coefficient (Wildman–Crippen LogP) is 5.91. The van der Waals surface area contributed by atoms with Gasteiger partial charge in [0.05, 0.1) is 5.41 Å². The highest BCUT2D eigenvalue weighted by Crippen LogP contribution is 2.63. The van der Waals surface area contributed by atoms with E-state index in [4.69, 9.17) is 4.74 Å². The topological polar surface area (TPSA) is 55.8 Å². The Bertz CT molecular complexity index is 713. The molecule has 1 saturated heterocycles. The maximum atomic E-state index is 15.2. The molecule has 0 radical (unpaired) electrons. The van der Waals surface area contributed by atoms with E-state index in [9.17, 15) is 36.2 Å². The lowest BCUT2D eigenvalue weighted by Crippen LogP contribution is -2.80. The maximum Gasteiger partial charge on any atom is 0.449 e. The molecule has 2 rings (SSSR count). The zero-order valence-electron chi connectivity index (χ0n) is 18.2. The van der Waals surface area contributed by atoms with Gasteiger partial charge < -0.3 is 14.6 Å². The number of halogens is 8. The van der Waals surface area contributed by atoms with Gasteiger partial charge in [0.25, 0.3) is 0 Å². The van der Waals surface area contributed by atoms with Crippen molar-refractivity contribution < 1.29 is 54.5 Å². The summed E-state index contributed by atoms with van der Waals surface area (Å²) in [6.45, 7) is 4.27. The molecule has 0 spiro atoms. The van der Waals surface area contributed by atoms with Crippen LogP contribution in [0, 0.1) is 11.3 Å². The second-order valence-electron chi connectivity index (χ2n) is 9.58. The number of aliphatic hydroxyl groups is 1. The first-order valence-electron chi connectivity index (χ1n) is 10.4. The highest BCUT2D eigenvalue weighted by atomic mass is 19.4. The van der Waals surface area contributed by atoms with Crippen molar-refractivity contribution in [3.05, 3.63) is 0 Å². The summed E-state index contributed by atoms with van der Waals surface area (Å²) >= 11 is 0. The Hall–Kier alpha value is -1.17. The molecule has 1 saturated carbocycles. The van der Waals surface area contributed by atoms with Crippen LogP contribution >= 0.6 is 0 Å². The molecule has 3 unspecified atom stereocenters. The summed E-state index contributed by atoms with van der Waals surface area (Å²) in [5.41, 5.74) is -8.93. The third-order valence-electron chi connectivity index (χ3n) is 6.90. The Balaban J connectivity index is 2.75. The van der Waals surface area contributed by atoms with E-state index in [1.807, 2.05) is 0 Å². The zero-order valence-corrected chi connectivity index (χ0v) is 18.2. The number of hydrogen-bond donors (Lipinski definition) is 1. The maximum absolute atomic E-state index is 15.2. The molecular formula is C20H28F8O4. The minimum atomic E-state index is -6.32. The molecule has 32 heavy (non-hydrogen) atoms. The Kier molecular flexibility index (Phi) is 6.73. The van der Waals surface area contributed by atoms with Crippen molar-refractivity contribution in [2.45, 2.75) is 108 Å². The van der Waals surface area contributed by atoms with E-state index in [2.05, 4.69) is 4.74 Å². The SMILES string of the molecule is CCC(C)(C)C(=O)OC1(C)CC(C2CCCCC2)(C(F)(F)F)OC(O)(C(F)(F)F)C1(F)F.